The van der Waals surface area contributed by atoms with Crippen LogP contribution in [0.1, 0.15) is 44.6 Å². The van der Waals surface area contributed by atoms with Crippen LogP contribution in [-0.4, -0.2) is 19.6 Å². The molecule has 0 saturated carbocycles. The molecule has 1 fully saturated rings. The van der Waals surface area contributed by atoms with Crippen molar-refractivity contribution < 1.29 is 0 Å². The smallest absolute Gasteiger partial charge is 0.0642 e. The third-order valence-electron chi connectivity index (χ3n) is 3.71. The second-order valence-corrected chi connectivity index (χ2v) is 5.77. The summed E-state index contributed by atoms with van der Waals surface area (Å²) in [4.78, 5) is 2.44. The molecular formula is C16H25ClN2. The Hall–Kier alpha value is -0.730. The van der Waals surface area contributed by atoms with Crippen LogP contribution in [0.15, 0.2) is 18.2 Å². The van der Waals surface area contributed by atoms with Crippen molar-refractivity contribution in [3.05, 3.63) is 28.8 Å². The second-order valence-electron chi connectivity index (χ2n) is 5.36. The van der Waals surface area contributed by atoms with E-state index in [1.807, 2.05) is 0 Å². The second kappa shape index (κ2) is 7.76. The fraction of sp³-hybridized carbons (Fsp3) is 0.625. The zero-order valence-corrected chi connectivity index (χ0v) is 12.7. The van der Waals surface area contributed by atoms with Crippen LogP contribution in [0.4, 0.5) is 5.69 Å². The molecule has 1 N–H and O–H groups in total. The van der Waals surface area contributed by atoms with E-state index in [9.17, 15) is 0 Å². The molecule has 0 aromatic heterocycles. The maximum atomic E-state index is 6.46. The molecule has 0 amide bonds. The van der Waals surface area contributed by atoms with Gasteiger partial charge in [-0.2, -0.15) is 0 Å². The summed E-state index contributed by atoms with van der Waals surface area (Å²) in [7, 11) is 0. The molecule has 19 heavy (non-hydrogen) atoms. The van der Waals surface area contributed by atoms with Crippen molar-refractivity contribution in [3.8, 4) is 0 Å². The number of halogens is 1. The Balaban J connectivity index is 2.01. The first-order valence-electron chi connectivity index (χ1n) is 7.55. The monoisotopic (exact) mass is 280 g/mol. The predicted molar refractivity (Wildman–Crippen MR) is 84.1 cm³/mol. The van der Waals surface area contributed by atoms with Crippen molar-refractivity contribution in [1.82, 2.24) is 5.32 Å². The highest BCUT2D eigenvalue weighted by Gasteiger charge is 2.13. The van der Waals surface area contributed by atoms with E-state index in [1.165, 1.54) is 43.4 Å². The molecule has 106 valence electrons. The summed E-state index contributed by atoms with van der Waals surface area (Å²) in [6.07, 6.45) is 6.45. The van der Waals surface area contributed by atoms with E-state index < -0.39 is 0 Å². The van der Waals surface area contributed by atoms with Gasteiger partial charge < -0.3 is 10.2 Å². The number of anilines is 1. The van der Waals surface area contributed by atoms with E-state index in [-0.39, 0.29) is 0 Å². The highest BCUT2D eigenvalue weighted by atomic mass is 35.5. The molecule has 1 aliphatic rings. The first-order valence-corrected chi connectivity index (χ1v) is 7.93. The van der Waals surface area contributed by atoms with Gasteiger partial charge in [0.15, 0.2) is 0 Å². The van der Waals surface area contributed by atoms with Gasteiger partial charge in [-0.05, 0) is 43.5 Å². The lowest BCUT2D eigenvalue weighted by atomic mass is 10.2. The molecule has 3 heteroatoms. The molecule has 0 bridgehead atoms. The largest absolute Gasteiger partial charge is 0.370 e. The Labute approximate surface area is 122 Å². The van der Waals surface area contributed by atoms with Gasteiger partial charge in [-0.25, -0.2) is 0 Å². The molecule has 1 aliphatic heterocycles. The molecule has 1 aromatic carbocycles. The third-order valence-corrected chi connectivity index (χ3v) is 4.02. The summed E-state index contributed by atoms with van der Waals surface area (Å²) in [5.41, 5.74) is 2.49. The summed E-state index contributed by atoms with van der Waals surface area (Å²) in [5.74, 6) is 0. The first kappa shape index (κ1) is 14.7. The van der Waals surface area contributed by atoms with Crippen LogP contribution >= 0.6 is 11.6 Å². The highest BCUT2D eigenvalue weighted by Crippen LogP contribution is 2.28. The van der Waals surface area contributed by atoms with Crippen molar-refractivity contribution >= 4 is 17.3 Å². The molecule has 1 aromatic rings. The van der Waals surface area contributed by atoms with Crippen molar-refractivity contribution in [2.24, 2.45) is 0 Å². The van der Waals surface area contributed by atoms with Crippen molar-refractivity contribution in [3.63, 3.8) is 0 Å². The van der Waals surface area contributed by atoms with Gasteiger partial charge in [0.2, 0.25) is 0 Å². The number of benzene rings is 1. The van der Waals surface area contributed by atoms with Crippen LogP contribution in [-0.2, 0) is 6.54 Å². The molecule has 0 unspecified atom stereocenters. The topological polar surface area (TPSA) is 15.3 Å². The van der Waals surface area contributed by atoms with E-state index in [4.69, 9.17) is 11.6 Å². The van der Waals surface area contributed by atoms with E-state index in [0.717, 1.165) is 31.2 Å². The normalized spacial score (nSPS) is 16.4. The van der Waals surface area contributed by atoms with Gasteiger partial charge in [0.05, 0.1) is 10.7 Å². The molecule has 1 heterocycles. The fourth-order valence-corrected chi connectivity index (χ4v) is 2.96. The van der Waals surface area contributed by atoms with Gasteiger partial charge in [0.1, 0.15) is 0 Å². The van der Waals surface area contributed by atoms with Crippen molar-refractivity contribution in [1.29, 1.82) is 0 Å². The van der Waals surface area contributed by atoms with Gasteiger partial charge in [-0.1, -0.05) is 37.4 Å². The lowest BCUT2D eigenvalue weighted by Crippen LogP contribution is -2.24. The summed E-state index contributed by atoms with van der Waals surface area (Å²) in [6, 6.07) is 6.51. The van der Waals surface area contributed by atoms with Gasteiger partial charge >= 0.3 is 0 Å². The zero-order valence-electron chi connectivity index (χ0n) is 11.9. The lowest BCUT2D eigenvalue weighted by Gasteiger charge is -2.24. The quantitative estimate of drug-likeness (QED) is 0.813. The Bertz CT molecular complexity index is 384. The summed E-state index contributed by atoms with van der Waals surface area (Å²) >= 11 is 6.46. The maximum absolute atomic E-state index is 6.46. The molecule has 0 radical (unpaired) electrons. The first-order chi connectivity index (χ1) is 9.31. The highest BCUT2D eigenvalue weighted by molar-refractivity contribution is 6.33. The molecule has 0 atom stereocenters. The van der Waals surface area contributed by atoms with Crippen LogP contribution in [0.3, 0.4) is 0 Å². The predicted octanol–water partition coefficient (Wildman–Crippen LogP) is 4.22. The Kier molecular flexibility index (Phi) is 5.99. The summed E-state index contributed by atoms with van der Waals surface area (Å²) < 4.78 is 0. The van der Waals surface area contributed by atoms with Crippen LogP contribution in [0.2, 0.25) is 5.02 Å². The minimum atomic E-state index is 0.901. The minimum absolute atomic E-state index is 0.901. The Morgan fingerprint density at radius 2 is 1.89 bits per heavy atom. The van der Waals surface area contributed by atoms with Crippen molar-refractivity contribution in [2.75, 3.05) is 24.5 Å². The summed E-state index contributed by atoms with van der Waals surface area (Å²) in [6.45, 7) is 6.45. The SMILES string of the molecule is CCCNCc1ccc(N2CCCCCC2)c(Cl)c1. The van der Waals surface area contributed by atoms with Crippen LogP contribution in [0.5, 0.6) is 0 Å². The molecule has 1 saturated heterocycles. The third kappa shape index (κ3) is 4.39. The minimum Gasteiger partial charge on any atom is -0.370 e. The number of hydrogen-bond acceptors (Lipinski definition) is 2. The average Bonchev–Trinajstić information content (AvgIpc) is 2.68. The van der Waals surface area contributed by atoms with Gasteiger partial charge in [0.25, 0.3) is 0 Å². The van der Waals surface area contributed by atoms with Gasteiger partial charge in [-0.15, -0.1) is 0 Å². The van der Waals surface area contributed by atoms with Crippen LogP contribution in [0, 0.1) is 0 Å². The Morgan fingerprint density at radius 3 is 2.53 bits per heavy atom. The van der Waals surface area contributed by atoms with E-state index >= 15 is 0 Å². The molecule has 2 rings (SSSR count). The Morgan fingerprint density at radius 1 is 1.16 bits per heavy atom. The summed E-state index contributed by atoms with van der Waals surface area (Å²) in [5, 5.41) is 4.32. The fourth-order valence-electron chi connectivity index (χ4n) is 2.64. The van der Waals surface area contributed by atoms with Gasteiger partial charge in [0, 0.05) is 19.6 Å². The standard InChI is InChI=1S/C16H25ClN2/c1-2-9-18-13-14-7-8-16(15(17)12-14)19-10-5-3-4-6-11-19/h7-8,12,18H,2-6,9-11,13H2,1H3. The number of hydrogen-bond donors (Lipinski definition) is 1. The van der Waals surface area contributed by atoms with Crippen LogP contribution < -0.4 is 10.2 Å². The van der Waals surface area contributed by atoms with E-state index in [0.29, 0.717) is 0 Å². The number of rotatable bonds is 5. The zero-order chi connectivity index (χ0) is 13.5. The number of nitrogens with one attached hydrogen (secondary N) is 1. The molecule has 0 spiro atoms. The average molecular weight is 281 g/mol. The van der Waals surface area contributed by atoms with Crippen molar-refractivity contribution in [2.45, 2.75) is 45.6 Å². The maximum Gasteiger partial charge on any atom is 0.0642 e. The van der Waals surface area contributed by atoms with E-state index in [2.05, 4.69) is 35.3 Å². The lowest BCUT2D eigenvalue weighted by molar-refractivity contribution is 0.675. The van der Waals surface area contributed by atoms with Gasteiger partial charge in [-0.3, -0.25) is 0 Å². The number of nitrogens with zero attached hydrogens (tertiary/aromatic N) is 1. The van der Waals surface area contributed by atoms with E-state index in [1.54, 1.807) is 0 Å². The molecular weight excluding hydrogens is 256 g/mol. The molecule has 0 aliphatic carbocycles. The van der Waals surface area contributed by atoms with Crippen LogP contribution in [0.25, 0.3) is 0 Å². The molecule has 2 nitrogen and oxygen atoms in total.